The molecule has 2 nitrogen and oxygen atoms in total. The van der Waals surface area contributed by atoms with Crippen molar-refractivity contribution in [2.24, 2.45) is 0 Å². The predicted octanol–water partition coefficient (Wildman–Crippen LogP) is 3.16. The van der Waals surface area contributed by atoms with Gasteiger partial charge in [0.15, 0.2) is 0 Å². The van der Waals surface area contributed by atoms with Gasteiger partial charge in [-0.25, -0.2) is 0 Å². The summed E-state index contributed by atoms with van der Waals surface area (Å²) in [7, 11) is 0. The molecule has 0 atom stereocenters. The molecule has 0 amide bonds. The van der Waals surface area contributed by atoms with Crippen LogP contribution in [-0.4, -0.2) is 6.54 Å². The van der Waals surface area contributed by atoms with E-state index < -0.39 is 0 Å². The molecule has 2 heteroatoms. The number of fused-ring (bicyclic) bond motifs is 1. The molecule has 80 valence electrons. The summed E-state index contributed by atoms with van der Waals surface area (Å²) >= 11 is 0. The Kier molecular flexibility index (Phi) is 2.78. The Morgan fingerprint density at radius 1 is 1.20 bits per heavy atom. The second-order valence-corrected chi connectivity index (χ2v) is 3.99. The van der Waals surface area contributed by atoms with Gasteiger partial charge in [0.1, 0.15) is 11.3 Å². The first-order chi connectivity index (χ1) is 7.20. The maximum absolute atomic E-state index is 5.79. The molecule has 2 aromatic rings. The highest BCUT2D eigenvalue weighted by Crippen LogP contribution is 2.24. The van der Waals surface area contributed by atoms with Crippen molar-refractivity contribution in [1.29, 1.82) is 0 Å². The molecule has 0 unspecified atom stereocenters. The molecule has 0 fully saturated rings. The van der Waals surface area contributed by atoms with Crippen LogP contribution in [0.15, 0.2) is 22.6 Å². The van der Waals surface area contributed by atoms with Crippen molar-refractivity contribution in [2.75, 3.05) is 6.54 Å². The maximum atomic E-state index is 5.79. The monoisotopic (exact) mass is 203 g/mol. The van der Waals surface area contributed by atoms with Crippen LogP contribution in [0.3, 0.4) is 0 Å². The van der Waals surface area contributed by atoms with Gasteiger partial charge < -0.3 is 9.73 Å². The first-order valence-electron chi connectivity index (χ1n) is 5.41. The first-order valence-corrected chi connectivity index (χ1v) is 5.41. The Morgan fingerprint density at radius 3 is 2.73 bits per heavy atom. The van der Waals surface area contributed by atoms with Crippen LogP contribution in [0.4, 0.5) is 0 Å². The Labute approximate surface area is 90.3 Å². The fraction of sp³-hybridized carbons (Fsp3) is 0.385. The van der Waals surface area contributed by atoms with Crippen molar-refractivity contribution in [3.05, 3.63) is 35.1 Å². The van der Waals surface area contributed by atoms with Crippen molar-refractivity contribution < 1.29 is 4.42 Å². The zero-order valence-electron chi connectivity index (χ0n) is 9.55. The summed E-state index contributed by atoms with van der Waals surface area (Å²) in [5, 5.41) is 4.47. The Balaban J connectivity index is 2.41. The lowest BCUT2D eigenvalue weighted by molar-refractivity contribution is 0.518. The van der Waals surface area contributed by atoms with Crippen molar-refractivity contribution in [1.82, 2.24) is 5.32 Å². The van der Waals surface area contributed by atoms with Crippen LogP contribution >= 0.6 is 0 Å². The Morgan fingerprint density at radius 2 is 2.00 bits per heavy atom. The minimum atomic E-state index is 0.809. The molecule has 0 bridgehead atoms. The summed E-state index contributed by atoms with van der Waals surface area (Å²) in [6, 6.07) is 6.45. The molecule has 1 aromatic heterocycles. The van der Waals surface area contributed by atoms with E-state index in [-0.39, 0.29) is 0 Å². The van der Waals surface area contributed by atoms with E-state index in [1.807, 2.05) is 0 Å². The Hall–Kier alpha value is -1.28. The van der Waals surface area contributed by atoms with Gasteiger partial charge in [-0.1, -0.05) is 18.6 Å². The SMILES string of the molecule is CCNCc1cc2cc(C)cc(C)c2o1. The van der Waals surface area contributed by atoms with E-state index in [2.05, 4.69) is 44.3 Å². The minimum Gasteiger partial charge on any atom is -0.459 e. The van der Waals surface area contributed by atoms with Crippen molar-refractivity contribution in [3.63, 3.8) is 0 Å². The quantitative estimate of drug-likeness (QED) is 0.829. The molecule has 1 N–H and O–H groups in total. The van der Waals surface area contributed by atoms with Crippen molar-refractivity contribution in [3.8, 4) is 0 Å². The summed E-state index contributed by atoms with van der Waals surface area (Å²) in [4.78, 5) is 0. The van der Waals surface area contributed by atoms with Crippen LogP contribution in [-0.2, 0) is 6.54 Å². The maximum Gasteiger partial charge on any atom is 0.137 e. The molecule has 0 spiro atoms. The topological polar surface area (TPSA) is 25.2 Å². The van der Waals surface area contributed by atoms with Gasteiger partial charge in [0.2, 0.25) is 0 Å². The molecule has 0 aliphatic heterocycles. The van der Waals surface area contributed by atoms with Gasteiger partial charge in [0.25, 0.3) is 0 Å². The van der Waals surface area contributed by atoms with E-state index in [0.717, 1.165) is 24.4 Å². The summed E-state index contributed by atoms with van der Waals surface area (Å²) in [5.74, 6) is 1.01. The second-order valence-electron chi connectivity index (χ2n) is 3.99. The van der Waals surface area contributed by atoms with E-state index in [1.165, 1.54) is 16.5 Å². The molecule has 2 rings (SSSR count). The lowest BCUT2D eigenvalue weighted by atomic mass is 10.1. The summed E-state index contributed by atoms with van der Waals surface area (Å²) in [5.41, 5.74) is 3.53. The predicted molar refractivity (Wildman–Crippen MR) is 63.1 cm³/mol. The smallest absolute Gasteiger partial charge is 0.137 e. The number of furan rings is 1. The average molecular weight is 203 g/mol. The highest BCUT2D eigenvalue weighted by atomic mass is 16.3. The van der Waals surface area contributed by atoms with Gasteiger partial charge in [-0.05, 0) is 38.1 Å². The number of hydrogen-bond donors (Lipinski definition) is 1. The standard InChI is InChI=1S/C13H17NO/c1-4-14-8-12-7-11-6-9(2)5-10(3)13(11)15-12/h5-7,14H,4,8H2,1-3H3. The fourth-order valence-corrected chi connectivity index (χ4v) is 1.90. The third-order valence-electron chi connectivity index (χ3n) is 2.55. The van der Waals surface area contributed by atoms with Gasteiger partial charge in [-0.3, -0.25) is 0 Å². The summed E-state index contributed by atoms with van der Waals surface area (Å²) < 4.78 is 5.79. The normalized spacial score (nSPS) is 11.1. The van der Waals surface area contributed by atoms with E-state index in [1.54, 1.807) is 0 Å². The molecule has 0 saturated heterocycles. The fourth-order valence-electron chi connectivity index (χ4n) is 1.90. The van der Waals surface area contributed by atoms with Crippen LogP contribution in [0, 0.1) is 13.8 Å². The number of hydrogen-bond acceptors (Lipinski definition) is 2. The molecule has 1 heterocycles. The van der Waals surface area contributed by atoms with E-state index >= 15 is 0 Å². The zero-order chi connectivity index (χ0) is 10.8. The van der Waals surface area contributed by atoms with Crippen LogP contribution in [0.2, 0.25) is 0 Å². The van der Waals surface area contributed by atoms with Crippen LogP contribution in [0.25, 0.3) is 11.0 Å². The van der Waals surface area contributed by atoms with Crippen LogP contribution in [0.5, 0.6) is 0 Å². The van der Waals surface area contributed by atoms with E-state index in [4.69, 9.17) is 4.42 Å². The first kappa shape index (κ1) is 10.2. The second kappa shape index (κ2) is 4.07. The van der Waals surface area contributed by atoms with Gasteiger partial charge in [0, 0.05) is 5.39 Å². The van der Waals surface area contributed by atoms with E-state index in [9.17, 15) is 0 Å². The van der Waals surface area contributed by atoms with Gasteiger partial charge in [0.05, 0.1) is 6.54 Å². The van der Waals surface area contributed by atoms with Gasteiger partial charge in [-0.2, -0.15) is 0 Å². The largest absolute Gasteiger partial charge is 0.459 e. The minimum absolute atomic E-state index is 0.809. The van der Waals surface area contributed by atoms with Crippen LogP contribution < -0.4 is 5.32 Å². The average Bonchev–Trinajstić information content (AvgIpc) is 2.57. The van der Waals surface area contributed by atoms with Crippen LogP contribution in [0.1, 0.15) is 23.8 Å². The third-order valence-corrected chi connectivity index (χ3v) is 2.55. The molecule has 1 aromatic carbocycles. The number of nitrogens with one attached hydrogen (secondary N) is 1. The molecular weight excluding hydrogens is 186 g/mol. The number of aryl methyl sites for hydroxylation is 2. The van der Waals surface area contributed by atoms with E-state index in [0.29, 0.717) is 0 Å². The Bertz CT molecular complexity index is 471. The summed E-state index contributed by atoms with van der Waals surface area (Å²) in [6.07, 6.45) is 0. The lowest BCUT2D eigenvalue weighted by Gasteiger charge is -1.97. The van der Waals surface area contributed by atoms with Gasteiger partial charge >= 0.3 is 0 Å². The molecule has 0 saturated carbocycles. The van der Waals surface area contributed by atoms with Crippen molar-refractivity contribution >= 4 is 11.0 Å². The molecule has 0 radical (unpaired) electrons. The molecule has 0 aliphatic carbocycles. The lowest BCUT2D eigenvalue weighted by Crippen LogP contribution is -2.10. The number of benzene rings is 1. The third kappa shape index (κ3) is 2.05. The van der Waals surface area contributed by atoms with Gasteiger partial charge in [-0.15, -0.1) is 0 Å². The molecule has 0 aliphatic rings. The zero-order valence-corrected chi connectivity index (χ0v) is 9.55. The molecule has 15 heavy (non-hydrogen) atoms. The highest BCUT2D eigenvalue weighted by Gasteiger charge is 2.06. The highest BCUT2D eigenvalue weighted by molar-refractivity contribution is 5.81. The number of rotatable bonds is 3. The molecular formula is C13H17NO. The summed E-state index contributed by atoms with van der Waals surface area (Å²) in [6.45, 7) is 8.08. The van der Waals surface area contributed by atoms with Crippen molar-refractivity contribution in [2.45, 2.75) is 27.3 Å².